The third kappa shape index (κ3) is 3.37. The molecule has 0 aliphatic carbocycles. The number of sulfonamides is 1. The van der Waals surface area contributed by atoms with Gasteiger partial charge in [-0.3, -0.25) is 9.10 Å². The molecule has 0 bridgehead atoms. The Balaban J connectivity index is 1.94. The Bertz CT molecular complexity index is 914. The summed E-state index contributed by atoms with van der Waals surface area (Å²) < 4.78 is 39.2. The standard InChI is InChI=1S/C18H19FN2O3S/c1-13-11-14-7-3-5-9-16(14)21(13)18(22)12-20(25(2,23)24)17-10-6-4-8-15(17)19/h3-10,13H,11-12H2,1-2H3/t13-/m1/s1. The van der Waals surface area contributed by atoms with E-state index in [2.05, 4.69) is 0 Å². The van der Waals surface area contributed by atoms with E-state index in [1.807, 2.05) is 31.2 Å². The van der Waals surface area contributed by atoms with Crippen molar-refractivity contribution in [2.75, 3.05) is 22.0 Å². The largest absolute Gasteiger partial charge is 0.307 e. The number of para-hydroxylation sites is 2. The SMILES string of the molecule is C[C@@H]1Cc2ccccc2N1C(=O)CN(c1ccccc1F)S(C)(=O)=O. The van der Waals surface area contributed by atoms with Crippen LogP contribution in [0.25, 0.3) is 0 Å². The topological polar surface area (TPSA) is 57.7 Å². The molecule has 3 rings (SSSR count). The summed E-state index contributed by atoms with van der Waals surface area (Å²) in [5.41, 5.74) is 1.70. The van der Waals surface area contributed by atoms with Crippen LogP contribution in [0.15, 0.2) is 48.5 Å². The van der Waals surface area contributed by atoms with Crippen LogP contribution in [0.2, 0.25) is 0 Å². The summed E-state index contributed by atoms with van der Waals surface area (Å²) in [6.45, 7) is 1.46. The molecule has 0 unspecified atom stereocenters. The molecule has 2 aromatic carbocycles. The third-order valence-electron chi connectivity index (χ3n) is 4.28. The summed E-state index contributed by atoms with van der Waals surface area (Å²) in [5, 5.41) is 0. The fourth-order valence-electron chi connectivity index (χ4n) is 3.18. The fourth-order valence-corrected chi connectivity index (χ4v) is 4.03. The predicted octanol–water partition coefficient (Wildman–Crippen LogP) is 2.57. The van der Waals surface area contributed by atoms with Crippen LogP contribution in [0.5, 0.6) is 0 Å². The first-order valence-electron chi connectivity index (χ1n) is 7.91. The van der Waals surface area contributed by atoms with E-state index in [1.165, 1.54) is 24.3 Å². The maximum Gasteiger partial charge on any atom is 0.248 e. The molecule has 0 radical (unpaired) electrons. The van der Waals surface area contributed by atoms with Crippen molar-refractivity contribution in [1.82, 2.24) is 0 Å². The number of benzene rings is 2. The molecule has 0 N–H and O–H groups in total. The fraction of sp³-hybridized carbons (Fsp3) is 0.278. The van der Waals surface area contributed by atoms with E-state index in [9.17, 15) is 17.6 Å². The first-order valence-corrected chi connectivity index (χ1v) is 9.76. The molecule has 0 saturated heterocycles. The highest BCUT2D eigenvalue weighted by Gasteiger charge is 2.33. The number of rotatable bonds is 4. The number of carbonyl (C=O) groups is 1. The van der Waals surface area contributed by atoms with Crippen LogP contribution in [-0.2, 0) is 21.2 Å². The minimum Gasteiger partial charge on any atom is -0.307 e. The zero-order valence-electron chi connectivity index (χ0n) is 14.0. The highest BCUT2D eigenvalue weighted by molar-refractivity contribution is 7.92. The minimum absolute atomic E-state index is 0.0769. The summed E-state index contributed by atoms with van der Waals surface area (Å²) in [5.74, 6) is -1.07. The normalized spacial score (nSPS) is 16.6. The summed E-state index contributed by atoms with van der Waals surface area (Å²) in [7, 11) is -3.81. The molecule has 1 amide bonds. The number of amides is 1. The molecule has 0 fully saturated rings. The predicted molar refractivity (Wildman–Crippen MR) is 95.7 cm³/mol. The Morgan fingerprint density at radius 3 is 2.52 bits per heavy atom. The maximum atomic E-state index is 14.1. The van der Waals surface area contributed by atoms with Crippen molar-refractivity contribution in [3.05, 3.63) is 59.9 Å². The average Bonchev–Trinajstić information content (AvgIpc) is 2.88. The number of anilines is 2. The number of carbonyl (C=O) groups excluding carboxylic acids is 1. The summed E-state index contributed by atoms with van der Waals surface area (Å²) >= 11 is 0. The van der Waals surface area contributed by atoms with Gasteiger partial charge in [-0.05, 0) is 37.1 Å². The summed E-state index contributed by atoms with van der Waals surface area (Å²) in [4.78, 5) is 14.4. The van der Waals surface area contributed by atoms with Gasteiger partial charge in [-0.25, -0.2) is 12.8 Å². The summed E-state index contributed by atoms with van der Waals surface area (Å²) in [6, 6.07) is 13.0. The Morgan fingerprint density at radius 2 is 1.84 bits per heavy atom. The van der Waals surface area contributed by atoms with Gasteiger partial charge in [0, 0.05) is 11.7 Å². The first kappa shape index (κ1) is 17.4. The smallest absolute Gasteiger partial charge is 0.248 e. The lowest BCUT2D eigenvalue weighted by Crippen LogP contribution is -2.45. The lowest BCUT2D eigenvalue weighted by molar-refractivity contribution is -0.117. The van der Waals surface area contributed by atoms with Gasteiger partial charge in [-0.1, -0.05) is 30.3 Å². The molecular formula is C18H19FN2O3S. The number of hydrogen-bond donors (Lipinski definition) is 0. The van der Waals surface area contributed by atoms with Crippen molar-refractivity contribution in [2.45, 2.75) is 19.4 Å². The number of hydrogen-bond acceptors (Lipinski definition) is 3. The van der Waals surface area contributed by atoms with E-state index in [0.717, 1.165) is 21.8 Å². The lowest BCUT2D eigenvalue weighted by atomic mass is 10.1. The Labute approximate surface area is 146 Å². The van der Waals surface area contributed by atoms with Crippen LogP contribution < -0.4 is 9.21 Å². The molecule has 2 aromatic rings. The van der Waals surface area contributed by atoms with E-state index < -0.39 is 22.4 Å². The van der Waals surface area contributed by atoms with Crippen molar-refractivity contribution >= 4 is 27.3 Å². The van der Waals surface area contributed by atoms with Crippen LogP contribution in [0.3, 0.4) is 0 Å². The molecule has 25 heavy (non-hydrogen) atoms. The molecule has 1 aliphatic heterocycles. The van der Waals surface area contributed by atoms with Crippen molar-refractivity contribution in [2.24, 2.45) is 0 Å². The second-order valence-corrected chi connectivity index (χ2v) is 8.07. The molecule has 1 aliphatic rings. The molecule has 0 saturated carbocycles. The van der Waals surface area contributed by atoms with Crippen LogP contribution in [0.1, 0.15) is 12.5 Å². The van der Waals surface area contributed by atoms with Gasteiger partial charge in [0.05, 0.1) is 11.9 Å². The average molecular weight is 362 g/mol. The Kier molecular flexibility index (Phi) is 4.51. The second-order valence-electron chi connectivity index (χ2n) is 6.17. The van der Waals surface area contributed by atoms with Gasteiger partial charge < -0.3 is 4.90 Å². The third-order valence-corrected chi connectivity index (χ3v) is 5.40. The van der Waals surface area contributed by atoms with E-state index in [0.29, 0.717) is 6.42 Å². The van der Waals surface area contributed by atoms with E-state index >= 15 is 0 Å². The second kappa shape index (κ2) is 6.48. The molecule has 7 heteroatoms. The molecular weight excluding hydrogens is 343 g/mol. The van der Waals surface area contributed by atoms with E-state index in [-0.39, 0.29) is 17.6 Å². The van der Waals surface area contributed by atoms with Crippen molar-refractivity contribution in [1.29, 1.82) is 0 Å². The van der Waals surface area contributed by atoms with Crippen LogP contribution in [0, 0.1) is 5.82 Å². The Morgan fingerprint density at radius 1 is 1.20 bits per heavy atom. The zero-order valence-corrected chi connectivity index (χ0v) is 14.8. The van der Waals surface area contributed by atoms with Crippen molar-refractivity contribution in [3.8, 4) is 0 Å². The molecule has 0 aromatic heterocycles. The molecule has 5 nitrogen and oxygen atoms in total. The monoisotopic (exact) mass is 362 g/mol. The van der Waals surface area contributed by atoms with Gasteiger partial charge >= 0.3 is 0 Å². The van der Waals surface area contributed by atoms with Gasteiger partial charge in [0.15, 0.2) is 0 Å². The summed E-state index contributed by atoms with van der Waals surface area (Å²) in [6.07, 6.45) is 1.68. The van der Waals surface area contributed by atoms with Gasteiger partial charge in [0.25, 0.3) is 0 Å². The minimum atomic E-state index is -3.81. The molecule has 132 valence electrons. The highest BCUT2D eigenvalue weighted by Crippen LogP contribution is 2.32. The highest BCUT2D eigenvalue weighted by atomic mass is 32.2. The van der Waals surface area contributed by atoms with Gasteiger partial charge in [0.1, 0.15) is 12.4 Å². The van der Waals surface area contributed by atoms with Crippen LogP contribution in [0.4, 0.5) is 15.8 Å². The lowest BCUT2D eigenvalue weighted by Gasteiger charge is -2.28. The first-order chi connectivity index (χ1) is 11.8. The molecule has 1 heterocycles. The number of halogens is 1. The van der Waals surface area contributed by atoms with E-state index in [4.69, 9.17) is 0 Å². The van der Waals surface area contributed by atoms with Crippen LogP contribution >= 0.6 is 0 Å². The Hall–Kier alpha value is -2.41. The quantitative estimate of drug-likeness (QED) is 0.840. The van der Waals surface area contributed by atoms with Crippen molar-refractivity contribution in [3.63, 3.8) is 0 Å². The number of nitrogens with zero attached hydrogens (tertiary/aromatic N) is 2. The maximum absolute atomic E-state index is 14.1. The van der Waals surface area contributed by atoms with Gasteiger partial charge in [-0.2, -0.15) is 0 Å². The van der Waals surface area contributed by atoms with E-state index in [1.54, 1.807) is 4.90 Å². The molecule has 1 atom stereocenters. The molecule has 0 spiro atoms. The van der Waals surface area contributed by atoms with Crippen LogP contribution in [-0.4, -0.2) is 33.2 Å². The zero-order chi connectivity index (χ0) is 18.2. The van der Waals surface area contributed by atoms with Crippen molar-refractivity contribution < 1.29 is 17.6 Å². The van der Waals surface area contributed by atoms with Gasteiger partial charge in [-0.15, -0.1) is 0 Å². The number of fused-ring (bicyclic) bond motifs is 1. The van der Waals surface area contributed by atoms with Gasteiger partial charge in [0.2, 0.25) is 15.9 Å².